The molecular weight excluding hydrogens is 442 g/mol. The number of carbonyl (C=O) groups is 1. The summed E-state index contributed by atoms with van der Waals surface area (Å²) in [6, 6.07) is 16.6. The zero-order valence-corrected chi connectivity index (χ0v) is 18.1. The molecule has 3 aromatic rings. The average molecular weight is 456 g/mol. The number of benzene rings is 1. The Balaban J connectivity index is 1.92. The van der Waals surface area contributed by atoms with E-state index in [1.165, 1.54) is 22.7 Å². The Kier molecular flexibility index (Phi) is 5.52. The van der Waals surface area contributed by atoms with Gasteiger partial charge in [0, 0.05) is 21.5 Å². The van der Waals surface area contributed by atoms with E-state index in [9.17, 15) is 10.1 Å². The van der Waals surface area contributed by atoms with Gasteiger partial charge in [0.05, 0.1) is 22.4 Å². The summed E-state index contributed by atoms with van der Waals surface area (Å²) in [6.07, 6.45) is 0. The van der Waals surface area contributed by atoms with Gasteiger partial charge in [-0.25, -0.2) is 0 Å². The smallest absolute Gasteiger partial charge is 0.183 e. The summed E-state index contributed by atoms with van der Waals surface area (Å²) in [7, 11) is 0. The van der Waals surface area contributed by atoms with E-state index in [0.29, 0.717) is 26.1 Å². The fraction of sp³-hybridized carbons (Fsp3) is 0.0952. The summed E-state index contributed by atoms with van der Waals surface area (Å²) in [6.45, 7) is 0. The first-order valence-electron chi connectivity index (χ1n) is 8.63. The van der Waals surface area contributed by atoms with Crippen molar-refractivity contribution in [1.29, 1.82) is 5.26 Å². The molecule has 0 radical (unpaired) electrons. The van der Waals surface area contributed by atoms with Crippen molar-refractivity contribution in [1.82, 2.24) is 0 Å². The predicted molar refractivity (Wildman–Crippen MR) is 123 cm³/mol. The van der Waals surface area contributed by atoms with Gasteiger partial charge in [-0.3, -0.25) is 9.69 Å². The molecule has 1 aliphatic rings. The molecule has 1 aliphatic heterocycles. The number of Topliss-reactive ketones (excluding diaryl/α,β-unsaturated/α-hetero) is 1. The second-order valence-corrected chi connectivity index (χ2v) is 9.15. The molecule has 144 valence electrons. The molecule has 2 N–H and O–H groups in total. The number of halogens is 1. The lowest BCUT2D eigenvalue weighted by Gasteiger charge is -2.39. The largest absolute Gasteiger partial charge is 0.384 e. The maximum atomic E-state index is 13.5. The molecule has 2 atom stereocenters. The lowest BCUT2D eigenvalue weighted by atomic mass is 9.78. The van der Waals surface area contributed by atoms with Gasteiger partial charge in [0.15, 0.2) is 5.78 Å². The zero-order valence-electron chi connectivity index (χ0n) is 14.9. The van der Waals surface area contributed by atoms with Crippen LogP contribution < -0.4 is 10.6 Å². The third kappa shape index (κ3) is 3.49. The molecule has 29 heavy (non-hydrogen) atoms. The fourth-order valence-corrected chi connectivity index (χ4v) is 5.59. The predicted octanol–water partition coefficient (Wildman–Crippen LogP) is 5.59. The number of hydrogen-bond acceptors (Lipinski definition) is 6. The molecule has 0 bridgehead atoms. The van der Waals surface area contributed by atoms with Gasteiger partial charge >= 0.3 is 0 Å². The Hall–Kier alpha value is -2.50. The number of nitrogens with two attached hydrogens (primary N) is 1. The summed E-state index contributed by atoms with van der Waals surface area (Å²) < 4.78 is 0. The highest BCUT2D eigenvalue weighted by Crippen LogP contribution is 2.44. The van der Waals surface area contributed by atoms with Gasteiger partial charge in [-0.05, 0) is 47.2 Å². The molecule has 2 aromatic heterocycles. The van der Waals surface area contributed by atoms with Gasteiger partial charge in [-0.1, -0.05) is 36.0 Å². The summed E-state index contributed by atoms with van der Waals surface area (Å²) in [5, 5.41) is 14.3. The minimum atomic E-state index is -0.708. The number of rotatable bonds is 4. The van der Waals surface area contributed by atoms with Crippen LogP contribution in [0.5, 0.6) is 0 Å². The van der Waals surface area contributed by atoms with Crippen LogP contribution in [-0.4, -0.2) is 10.8 Å². The number of hydrogen-bond donors (Lipinski definition) is 1. The van der Waals surface area contributed by atoms with Crippen molar-refractivity contribution >= 4 is 63.0 Å². The molecular formula is C21H14ClN3OS3. The third-order valence-electron chi connectivity index (χ3n) is 4.75. The number of thiophene rings is 2. The van der Waals surface area contributed by atoms with Crippen molar-refractivity contribution in [2.75, 3.05) is 4.90 Å². The van der Waals surface area contributed by atoms with E-state index >= 15 is 0 Å². The molecule has 8 heteroatoms. The first-order valence-corrected chi connectivity index (χ1v) is 11.2. The second kappa shape index (κ2) is 8.09. The number of thiocarbonyl (C=S) groups is 1. The van der Waals surface area contributed by atoms with Gasteiger partial charge in [0.1, 0.15) is 10.8 Å². The minimum Gasteiger partial charge on any atom is -0.384 e. The van der Waals surface area contributed by atoms with Crippen molar-refractivity contribution in [2.24, 2.45) is 11.7 Å². The zero-order chi connectivity index (χ0) is 20.5. The topological polar surface area (TPSA) is 70.1 Å². The van der Waals surface area contributed by atoms with E-state index in [-0.39, 0.29) is 11.6 Å². The lowest BCUT2D eigenvalue weighted by Crippen LogP contribution is -2.48. The monoisotopic (exact) mass is 455 g/mol. The van der Waals surface area contributed by atoms with Crippen LogP contribution in [0.3, 0.4) is 0 Å². The summed E-state index contributed by atoms with van der Waals surface area (Å²) in [4.78, 5) is 17.0. The Morgan fingerprint density at radius 2 is 1.83 bits per heavy atom. The van der Waals surface area contributed by atoms with Crippen LogP contribution in [0.15, 0.2) is 70.7 Å². The van der Waals surface area contributed by atoms with Crippen molar-refractivity contribution < 1.29 is 4.79 Å². The van der Waals surface area contributed by atoms with Crippen LogP contribution in [-0.2, 0) is 0 Å². The highest BCUT2D eigenvalue weighted by molar-refractivity contribution is 7.80. The van der Waals surface area contributed by atoms with Crippen molar-refractivity contribution in [2.45, 2.75) is 5.92 Å². The van der Waals surface area contributed by atoms with Crippen LogP contribution in [0.2, 0.25) is 5.02 Å². The van der Waals surface area contributed by atoms with E-state index in [1.54, 1.807) is 35.2 Å². The number of anilines is 1. The molecule has 0 saturated carbocycles. The third-order valence-corrected chi connectivity index (χ3v) is 7.28. The van der Waals surface area contributed by atoms with Crippen LogP contribution >= 0.6 is 46.5 Å². The normalized spacial score (nSPS) is 19.3. The fourth-order valence-electron chi connectivity index (χ4n) is 3.44. The van der Waals surface area contributed by atoms with Crippen LogP contribution in [0.25, 0.3) is 0 Å². The molecule has 4 rings (SSSR count). The molecule has 3 heterocycles. The van der Waals surface area contributed by atoms with Gasteiger partial charge in [0.25, 0.3) is 0 Å². The van der Waals surface area contributed by atoms with Crippen molar-refractivity contribution in [3.05, 3.63) is 85.5 Å². The Bertz CT molecular complexity index is 1130. The number of carbonyl (C=O) groups excluding carboxylic acids is 1. The molecule has 0 saturated heterocycles. The highest BCUT2D eigenvalue weighted by atomic mass is 35.5. The standard InChI is InChI=1S/C21H14ClN3OS3/c22-12-5-7-13(8-6-12)25-20(24)14(11-23)17(15-3-1-9-28-15)18(21(25)27)19(26)16-4-2-10-29-16/h1-10,17-18H,24H2. The SMILES string of the molecule is N#CC1=C(N)N(c2ccc(Cl)cc2)C(=S)C(C(=O)c2cccs2)C1c1cccs1. The number of ketones is 1. The molecule has 0 aliphatic carbocycles. The highest BCUT2D eigenvalue weighted by Gasteiger charge is 2.45. The Morgan fingerprint density at radius 1 is 1.14 bits per heavy atom. The number of nitriles is 1. The van der Waals surface area contributed by atoms with Gasteiger partial charge < -0.3 is 5.73 Å². The molecule has 4 nitrogen and oxygen atoms in total. The summed E-state index contributed by atoms with van der Waals surface area (Å²) in [5.74, 6) is -1.08. The van der Waals surface area contributed by atoms with Gasteiger partial charge in [0.2, 0.25) is 0 Å². The van der Waals surface area contributed by atoms with Gasteiger partial charge in [-0.15, -0.1) is 22.7 Å². The molecule has 0 fully saturated rings. The lowest BCUT2D eigenvalue weighted by molar-refractivity contribution is 0.0950. The first-order chi connectivity index (χ1) is 14.0. The molecule has 0 amide bonds. The quantitative estimate of drug-likeness (QED) is 0.410. The molecule has 0 spiro atoms. The van der Waals surface area contributed by atoms with E-state index in [0.717, 1.165) is 4.88 Å². The molecule has 2 unspecified atom stereocenters. The Labute approximate surface area is 186 Å². The maximum absolute atomic E-state index is 13.5. The van der Waals surface area contributed by atoms with Crippen LogP contribution in [0.1, 0.15) is 20.5 Å². The average Bonchev–Trinajstić information content (AvgIpc) is 3.43. The number of allylic oxidation sites excluding steroid dienone is 1. The maximum Gasteiger partial charge on any atom is 0.183 e. The summed E-state index contributed by atoms with van der Waals surface area (Å²) >= 11 is 14.7. The van der Waals surface area contributed by atoms with Crippen LogP contribution in [0.4, 0.5) is 5.69 Å². The van der Waals surface area contributed by atoms with Crippen molar-refractivity contribution in [3.63, 3.8) is 0 Å². The van der Waals surface area contributed by atoms with Gasteiger partial charge in [-0.2, -0.15) is 5.26 Å². The van der Waals surface area contributed by atoms with Crippen molar-refractivity contribution in [3.8, 4) is 6.07 Å². The number of nitrogens with zero attached hydrogens (tertiary/aromatic N) is 2. The Morgan fingerprint density at radius 3 is 2.41 bits per heavy atom. The van der Waals surface area contributed by atoms with E-state index in [4.69, 9.17) is 29.6 Å². The second-order valence-electron chi connectivity index (χ2n) is 6.37. The first kappa shape index (κ1) is 19.8. The molecule has 1 aromatic carbocycles. The van der Waals surface area contributed by atoms with Crippen LogP contribution in [0, 0.1) is 17.2 Å². The van der Waals surface area contributed by atoms with E-state index < -0.39 is 11.8 Å². The minimum absolute atomic E-state index is 0.109. The van der Waals surface area contributed by atoms with E-state index in [1.807, 2.05) is 29.0 Å². The van der Waals surface area contributed by atoms with E-state index in [2.05, 4.69) is 6.07 Å². The summed E-state index contributed by atoms with van der Waals surface area (Å²) in [5.41, 5.74) is 7.43.